The van der Waals surface area contributed by atoms with Crippen molar-refractivity contribution in [2.75, 3.05) is 16.0 Å². The van der Waals surface area contributed by atoms with Crippen LogP contribution < -0.4 is 16.0 Å². The van der Waals surface area contributed by atoms with Crippen LogP contribution in [0.1, 0.15) is 6.92 Å². The van der Waals surface area contributed by atoms with Crippen molar-refractivity contribution in [3.8, 4) is 0 Å². The van der Waals surface area contributed by atoms with Crippen LogP contribution in [0.25, 0.3) is 0 Å². The summed E-state index contributed by atoms with van der Waals surface area (Å²) in [5.74, 6) is -1.26. The van der Waals surface area contributed by atoms with Gasteiger partial charge in [-0.25, -0.2) is 13.8 Å². The van der Waals surface area contributed by atoms with Crippen LogP contribution in [0.4, 0.5) is 37.6 Å². The zero-order valence-corrected chi connectivity index (χ0v) is 13.8. The van der Waals surface area contributed by atoms with Gasteiger partial charge in [0.25, 0.3) is 0 Å². The Morgan fingerprint density at radius 1 is 0.885 bits per heavy atom. The van der Waals surface area contributed by atoms with Gasteiger partial charge in [-0.3, -0.25) is 4.79 Å². The molecule has 3 rings (SSSR count). The highest BCUT2D eigenvalue weighted by atomic mass is 19.2. The van der Waals surface area contributed by atoms with Gasteiger partial charge in [0.15, 0.2) is 11.6 Å². The molecule has 1 aromatic heterocycles. The lowest BCUT2D eigenvalue weighted by atomic mass is 10.3. The van der Waals surface area contributed by atoms with Gasteiger partial charge < -0.3 is 16.0 Å². The number of anilines is 5. The van der Waals surface area contributed by atoms with Crippen LogP contribution in [-0.4, -0.2) is 15.9 Å². The number of benzene rings is 2. The molecule has 8 heteroatoms. The summed E-state index contributed by atoms with van der Waals surface area (Å²) in [6, 6.07) is 12.1. The molecular formula is C18H15F2N5O. The summed E-state index contributed by atoms with van der Waals surface area (Å²) in [5, 5.41) is 8.58. The second-order valence-electron chi connectivity index (χ2n) is 5.40. The molecule has 6 nitrogen and oxygen atoms in total. The Kier molecular flexibility index (Phi) is 5.02. The molecule has 0 atom stereocenters. The van der Waals surface area contributed by atoms with E-state index in [0.717, 1.165) is 17.8 Å². The van der Waals surface area contributed by atoms with E-state index in [4.69, 9.17) is 0 Å². The van der Waals surface area contributed by atoms with Crippen molar-refractivity contribution in [3.05, 3.63) is 66.4 Å². The van der Waals surface area contributed by atoms with Gasteiger partial charge in [0.05, 0.1) is 0 Å². The Bertz CT molecular complexity index is 931. The van der Waals surface area contributed by atoms with Gasteiger partial charge in [-0.05, 0) is 42.5 Å². The number of nitrogens with zero attached hydrogens (tertiary/aromatic N) is 2. The van der Waals surface area contributed by atoms with Crippen LogP contribution in [0.3, 0.4) is 0 Å². The van der Waals surface area contributed by atoms with Gasteiger partial charge >= 0.3 is 0 Å². The van der Waals surface area contributed by atoms with E-state index in [1.54, 1.807) is 30.3 Å². The molecule has 0 radical (unpaired) electrons. The second kappa shape index (κ2) is 7.56. The van der Waals surface area contributed by atoms with Crippen LogP contribution >= 0.6 is 0 Å². The molecule has 0 bridgehead atoms. The van der Waals surface area contributed by atoms with E-state index in [1.165, 1.54) is 19.2 Å². The summed E-state index contributed by atoms with van der Waals surface area (Å²) in [7, 11) is 0. The Hall–Kier alpha value is -3.55. The first kappa shape index (κ1) is 17.3. The highest BCUT2D eigenvalue weighted by Crippen LogP contribution is 2.20. The minimum Gasteiger partial charge on any atom is -0.340 e. The maximum atomic E-state index is 13.3. The third-order valence-corrected chi connectivity index (χ3v) is 3.31. The summed E-state index contributed by atoms with van der Waals surface area (Å²) in [6.07, 6.45) is 1.53. The SMILES string of the molecule is CC(=O)Nc1ccc(Nc2nccc(Nc3ccc(F)c(F)c3)n2)cc1. The van der Waals surface area contributed by atoms with Crippen LogP contribution in [0.2, 0.25) is 0 Å². The number of halogens is 2. The maximum Gasteiger partial charge on any atom is 0.229 e. The highest BCUT2D eigenvalue weighted by Gasteiger charge is 2.05. The van der Waals surface area contributed by atoms with Crippen molar-refractivity contribution in [3.63, 3.8) is 0 Å². The van der Waals surface area contributed by atoms with Gasteiger partial charge in [0.2, 0.25) is 11.9 Å². The van der Waals surface area contributed by atoms with Crippen LogP contribution in [0, 0.1) is 11.6 Å². The number of hydrogen-bond acceptors (Lipinski definition) is 5. The van der Waals surface area contributed by atoms with Gasteiger partial charge in [0.1, 0.15) is 5.82 Å². The van der Waals surface area contributed by atoms with E-state index in [0.29, 0.717) is 23.1 Å². The number of carbonyl (C=O) groups is 1. The molecule has 132 valence electrons. The summed E-state index contributed by atoms with van der Waals surface area (Å²) >= 11 is 0. The lowest BCUT2D eigenvalue weighted by Gasteiger charge is -2.09. The first-order valence-corrected chi connectivity index (χ1v) is 7.69. The number of carbonyl (C=O) groups excluding carboxylic acids is 1. The zero-order chi connectivity index (χ0) is 18.5. The first-order chi connectivity index (χ1) is 12.5. The molecule has 0 fully saturated rings. The van der Waals surface area contributed by atoms with Gasteiger partial charge in [0, 0.05) is 36.2 Å². The minimum atomic E-state index is -0.943. The van der Waals surface area contributed by atoms with Gasteiger partial charge in [-0.1, -0.05) is 0 Å². The Morgan fingerprint density at radius 3 is 2.27 bits per heavy atom. The molecule has 0 saturated heterocycles. The van der Waals surface area contributed by atoms with Crippen molar-refractivity contribution < 1.29 is 13.6 Å². The smallest absolute Gasteiger partial charge is 0.229 e. The van der Waals surface area contributed by atoms with Gasteiger partial charge in [-0.15, -0.1) is 0 Å². The predicted molar refractivity (Wildman–Crippen MR) is 95.7 cm³/mol. The number of amides is 1. The van der Waals surface area contributed by atoms with E-state index < -0.39 is 11.6 Å². The molecule has 0 unspecified atom stereocenters. The summed E-state index contributed by atoms with van der Waals surface area (Å²) < 4.78 is 26.3. The van der Waals surface area contributed by atoms with E-state index in [1.807, 2.05) is 0 Å². The molecule has 3 aromatic rings. The van der Waals surface area contributed by atoms with E-state index in [9.17, 15) is 13.6 Å². The molecule has 1 amide bonds. The lowest BCUT2D eigenvalue weighted by molar-refractivity contribution is -0.114. The fraction of sp³-hybridized carbons (Fsp3) is 0.0556. The number of rotatable bonds is 5. The average Bonchev–Trinajstić information content (AvgIpc) is 2.60. The monoisotopic (exact) mass is 355 g/mol. The number of hydrogen-bond donors (Lipinski definition) is 3. The largest absolute Gasteiger partial charge is 0.340 e. The predicted octanol–water partition coefficient (Wildman–Crippen LogP) is 4.20. The molecule has 0 spiro atoms. The lowest BCUT2D eigenvalue weighted by Crippen LogP contribution is -2.05. The topological polar surface area (TPSA) is 78.9 Å². The van der Waals surface area contributed by atoms with Crippen molar-refractivity contribution in [1.29, 1.82) is 0 Å². The first-order valence-electron chi connectivity index (χ1n) is 7.69. The van der Waals surface area contributed by atoms with Crippen molar-refractivity contribution in [1.82, 2.24) is 9.97 Å². The fourth-order valence-corrected chi connectivity index (χ4v) is 2.18. The Labute approximate surface area is 148 Å². The Balaban J connectivity index is 1.70. The van der Waals surface area contributed by atoms with Gasteiger partial charge in [-0.2, -0.15) is 4.98 Å². The molecule has 1 heterocycles. The van der Waals surface area contributed by atoms with Crippen LogP contribution in [0.15, 0.2) is 54.7 Å². The summed E-state index contributed by atoms with van der Waals surface area (Å²) in [6.45, 7) is 1.44. The minimum absolute atomic E-state index is 0.148. The summed E-state index contributed by atoms with van der Waals surface area (Å²) in [4.78, 5) is 19.4. The molecule has 26 heavy (non-hydrogen) atoms. The molecular weight excluding hydrogens is 340 g/mol. The van der Waals surface area contributed by atoms with Crippen molar-refractivity contribution in [2.24, 2.45) is 0 Å². The van der Waals surface area contributed by atoms with Crippen LogP contribution in [0.5, 0.6) is 0 Å². The number of nitrogens with one attached hydrogen (secondary N) is 3. The van der Waals surface area contributed by atoms with E-state index >= 15 is 0 Å². The second-order valence-corrected chi connectivity index (χ2v) is 5.40. The van der Waals surface area contributed by atoms with Crippen molar-refractivity contribution >= 4 is 34.7 Å². The third kappa shape index (κ3) is 4.50. The molecule has 0 aliphatic heterocycles. The molecule has 3 N–H and O–H groups in total. The molecule has 2 aromatic carbocycles. The van der Waals surface area contributed by atoms with E-state index in [2.05, 4.69) is 25.9 Å². The van der Waals surface area contributed by atoms with Crippen LogP contribution in [-0.2, 0) is 4.79 Å². The number of aromatic nitrogens is 2. The highest BCUT2D eigenvalue weighted by molar-refractivity contribution is 5.88. The Morgan fingerprint density at radius 2 is 1.58 bits per heavy atom. The third-order valence-electron chi connectivity index (χ3n) is 3.31. The standard InChI is InChI=1S/C18H15F2N5O/c1-11(26)22-12-2-4-13(5-3-12)24-18-21-9-8-17(25-18)23-14-6-7-15(19)16(20)10-14/h2-10H,1H3,(H,22,26)(H2,21,23,24,25). The molecule has 0 aliphatic carbocycles. The van der Waals surface area contributed by atoms with Crippen molar-refractivity contribution in [2.45, 2.75) is 6.92 Å². The van der Waals surface area contributed by atoms with E-state index in [-0.39, 0.29) is 5.91 Å². The average molecular weight is 355 g/mol. The zero-order valence-electron chi connectivity index (χ0n) is 13.8. The molecule has 0 aliphatic rings. The maximum absolute atomic E-state index is 13.3. The fourth-order valence-electron chi connectivity index (χ4n) is 2.18. The molecule has 0 saturated carbocycles. The quantitative estimate of drug-likeness (QED) is 0.639. The normalized spacial score (nSPS) is 10.3. The summed E-state index contributed by atoms with van der Waals surface area (Å²) in [5.41, 5.74) is 1.77.